The van der Waals surface area contributed by atoms with E-state index in [-0.39, 0.29) is 30.3 Å². The lowest BCUT2D eigenvalue weighted by Gasteiger charge is -2.25. The molecule has 0 spiro atoms. The molecule has 0 heterocycles. The maximum atomic E-state index is 13.1. The minimum absolute atomic E-state index is 0.0807. The monoisotopic (exact) mass is 515 g/mol. The fourth-order valence-electron chi connectivity index (χ4n) is 4.91. The van der Waals surface area contributed by atoms with Crippen molar-refractivity contribution >= 4 is 23.4 Å². The lowest BCUT2D eigenvalue weighted by molar-refractivity contribution is -0.138. The lowest BCUT2D eigenvalue weighted by Crippen LogP contribution is -2.42. The van der Waals surface area contributed by atoms with E-state index in [0.717, 1.165) is 29.5 Å². The molecule has 0 saturated heterocycles. The van der Waals surface area contributed by atoms with Gasteiger partial charge in [-0.25, -0.2) is 0 Å². The van der Waals surface area contributed by atoms with E-state index < -0.39 is 12.1 Å². The molecule has 2 aromatic rings. The second-order valence-electron chi connectivity index (χ2n) is 9.61. The Morgan fingerprint density at radius 1 is 1.25 bits per heavy atom. The lowest BCUT2D eigenvalue weighted by atomic mass is 9.91. The second-order valence-corrected chi connectivity index (χ2v) is 10.0. The summed E-state index contributed by atoms with van der Waals surface area (Å²) in [6, 6.07) is 13.3. The Kier molecular flexibility index (Phi) is 10.3. The summed E-state index contributed by atoms with van der Waals surface area (Å²) >= 11 is 6.70. The molecule has 4 N–H and O–H groups in total. The minimum Gasteiger partial charge on any atom is -0.391 e. The third-order valence-electron chi connectivity index (χ3n) is 6.90. The number of aryl methyl sites for hydroxylation is 1. The number of methoxy groups -OCH3 is 1. The highest BCUT2D eigenvalue weighted by Gasteiger charge is 2.36. The zero-order chi connectivity index (χ0) is 26.2. The zero-order valence-corrected chi connectivity index (χ0v) is 22.1. The number of hydrogen-bond acceptors (Lipinski definition) is 5. The van der Waals surface area contributed by atoms with Crippen LogP contribution in [0.15, 0.2) is 42.5 Å². The fraction of sp³-hybridized carbons (Fsp3) is 0.500. The number of likely N-dealkylation sites (N-methyl/N-ethyl adjacent to an activating group) is 1. The van der Waals surface area contributed by atoms with Gasteiger partial charge in [-0.05, 0) is 54.9 Å². The number of amides is 2. The quantitative estimate of drug-likeness (QED) is 0.396. The average molecular weight is 516 g/mol. The van der Waals surface area contributed by atoms with Crippen molar-refractivity contribution in [3.8, 4) is 11.1 Å². The normalized spacial score (nSPS) is 20.2. The van der Waals surface area contributed by atoms with Crippen molar-refractivity contribution in [1.82, 2.24) is 10.2 Å². The first-order valence-corrected chi connectivity index (χ1v) is 13.0. The van der Waals surface area contributed by atoms with E-state index in [1.165, 1.54) is 10.5 Å². The number of carbonyl (C=O) groups is 2. The van der Waals surface area contributed by atoms with Crippen LogP contribution in [-0.4, -0.2) is 61.3 Å². The molecule has 1 aliphatic rings. The molecule has 1 aliphatic carbocycles. The van der Waals surface area contributed by atoms with Crippen LogP contribution < -0.4 is 11.1 Å². The van der Waals surface area contributed by atoms with Gasteiger partial charge >= 0.3 is 0 Å². The van der Waals surface area contributed by atoms with Crippen LogP contribution in [-0.2, 0) is 20.7 Å². The van der Waals surface area contributed by atoms with Crippen LogP contribution in [0.25, 0.3) is 11.1 Å². The first-order valence-electron chi connectivity index (χ1n) is 12.6. The summed E-state index contributed by atoms with van der Waals surface area (Å²) < 4.78 is 5.25. The smallest absolute Gasteiger partial charge is 0.240 e. The van der Waals surface area contributed by atoms with E-state index in [0.29, 0.717) is 30.9 Å². The largest absolute Gasteiger partial charge is 0.391 e. The Morgan fingerprint density at radius 2 is 2.00 bits per heavy atom. The van der Waals surface area contributed by atoms with Crippen molar-refractivity contribution in [3.05, 3.63) is 58.6 Å². The van der Waals surface area contributed by atoms with Crippen molar-refractivity contribution in [2.24, 2.45) is 11.7 Å². The number of nitrogens with zero attached hydrogens (tertiary/aromatic N) is 1. The van der Waals surface area contributed by atoms with Crippen LogP contribution in [0.3, 0.4) is 0 Å². The second kappa shape index (κ2) is 13.2. The molecule has 2 aromatic carbocycles. The SMILES string of the molecule is CCc1cccc(-c2c(Cl)cccc2C(CCCOC)NC(=O)CN(C)C(=O)[C@H]2C[C@@H](N)[C@@H](O)C2)c1. The third kappa shape index (κ3) is 7.07. The summed E-state index contributed by atoms with van der Waals surface area (Å²) in [5.41, 5.74) is 9.90. The number of halogens is 1. The van der Waals surface area contributed by atoms with Gasteiger partial charge in [0.05, 0.1) is 18.7 Å². The maximum absolute atomic E-state index is 13.1. The van der Waals surface area contributed by atoms with Crippen LogP contribution in [0.5, 0.6) is 0 Å². The standard InChI is InChI=1S/C28H38ClN3O4/c1-4-18-8-5-9-19(14-18)27-21(10-6-11-22(27)29)24(12-7-13-36-3)31-26(34)17-32(2)28(35)20-15-23(30)25(33)16-20/h5-6,8-11,14,20,23-25,33H,4,7,12-13,15-17,30H2,1-3H3,(H,31,34)/t20-,23+,24?,25-/m0/s1. The molecule has 1 fully saturated rings. The Labute approximate surface area is 219 Å². The number of benzene rings is 2. The number of hydrogen-bond donors (Lipinski definition) is 3. The fourth-order valence-corrected chi connectivity index (χ4v) is 5.21. The molecule has 196 valence electrons. The summed E-state index contributed by atoms with van der Waals surface area (Å²) in [4.78, 5) is 27.4. The Bertz CT molecular complexity index is 1040. The number of rotatable bonds is 11. The molecule has 0 aromatic heterocycles. The van der Waals surface area contributed by atoms with Crippen LogP contribution in [0.1, 0.15) is 49.8 Å². The van der Waals surface area contributed by atoms with E-state index in [2.05, 4.69) is 24.4 Å². The molecule has 8 heteroatoms. The van der Waals surface area contributed by atoms with Crippen LogP contribution in [0.4, 0.5) is 0 Å². The van der Waals surface area contributed by atoms with Crippen molar-refractivity contribution in [2.45, 2.75) is 57.2 Å². The summed E-state index contributed by atoms with van der Waals surface area (Å²) in [6.45, 7) is 2.59. The van der Waals surface area contributed by atoms with E-state index >= 15 is 0 Å². The summed E-state index contributed by atoms with van der Waals surface area (Å²) in [5, 5.41) is 13.7. The summed E-state index contributed by atoms with van der Waals surface area (Å²) in [5.74, 6) is -0.798. The van der Waals surface area contributed by atoms with Crippen LogP contribution in [0, 0.1) is 5.92 Å². The van der Waals surface area contributed by atoms with Gasteiger partial charge in [0, 0.05) is 43.3 Å². The van der Waals surface area contributed by atoms with Gasteiger partial charge in [0.25, 0.3) is 0 Å². The minimum atomic E-state index is -0.682. The third-order valence-corrected chi connectivity index (χ3v) is 7.22. The van der Waals surface area contributed by atoms with Gasteiger partial charge in [-0.15, -0.1) is 0 Å². The van der Waals surface area contributed by atoms with Crippen molar-refractivity contribution in [2.75, 3.05) is 27.3 Å². The Balaban J connectivity index is 1.81. The number of aliphatic hydroxyl groups is 1. The highest BCUT2D eigenvalue weighted by Crippen LogP contribution is 2.36. The molecular formula is C28H38ClN3O4. The van der Waals surface area contributed by atoms with Crippen molar-refractivity contribution in [3.63, 3.8) is 0 Å². The number of nitrogens with two attached hydrogens (primary N) is 1. The maximum Gasteiger partial charge on any atom is 0.240 e. The van der Waals surface area contributed by atoms with Crippen molar-refractivity contribution in [1.29, 1.82) is 0 Å². The van der Waals surface area contributed by atoms with Gasteiger partial charge in [0.1, 0.15) is 0 Å². The molecule has 4 atom stereocenters. The van der Waals surface area contributed by atoms with Crippen LogP contribution in [0.2, 0.25) is 5.02 Å². The van der Waals surface area contributed by atoms with E-state index in [1.807, 2.05) is 30.3 Å². The van der Waals surface area contributed by atoms with E-state index in [1.54, 1.807) is 14.2 Å². The molecule has 1 unspecified atom stereocenters. The molecule has 36 heavy (non-hydrogen) atoms. The molecule has 0 bridgehead atoms. The first kappa shape index (κ1) is 28.1. The molecule has 7 nitrogen and oxygen atoms in total. The van der Waals surface area contributed by atoms with Gasteiger partial charge < -0.3 is 25.8 Å². The number of ether oxygens (including phenoxy) is 1. The summed E-state index contributed by atoms with van der Waals surface area (Å²) in [7, 11) is 3.26. The van der Waals surface area contributed by atoms with E-state index in [4.69, 9.17) is 22.1 Å². The zero-order valence-electron chi connectivity index (χ0n) is 21.4. The number of aliphatic hydroxyl groups excluding tert-OH is 1. The van der Waals surface area contributed by atoms with E-state index in [9.17, 15) is 14.7 Å². The Morgan fingerprint density at radius 3 is 2.67 bits per heavy atom. The van der Waals surface area contributed by atoms with Gasteiger partial charge in [0.15, 0.2) is 0 Å². The predicted octanol–water partition coefficient (Wildman–Crippen LogP) is 3.71. The van der Waals surface area contributed by atoms with Crippen LogP contribution >= 0.6 is 11.6 Å². The molecule has 0 aliphatic heterocycles. The molecular weight excluding hydrogens is 478 g/mol. The topological polar surface area (TPSA) is 105 Å². The Hall–Kier alpha value is -2.45. The van der Waals surface area contributed by atoms with Gasteiger partial charge in [0.2, 0.25) is 11.8 Å². The molecule has 3 rings (SSSR count). The number of nitrogens with one attached hydrogen (secondary N) is 1. The van der Waals surface area contributed by atoms with Crippen molar-refractivity contribution < 1.29 is 19.4 Å². The van der Waals surface area contributed by atoms with Gasteiger partial charge in [-0.2, -0.15) is 0 Å². The molecule has 2 amide bonds. The summed E-state index contributed by atoms with van der Waals surface area (Å²) in [6.07, 6.45) is 2.38. The number of carbonyl (C=O) groups excluding carboxylic acids is 2. The highest BCUT2D eigenvalue weighted by atomic mass is 35.5. The van der Waals surface area contributed by atoms with Gasteiger partial charge in [-0.1, -0.05) is 54.9 Å². The first-order chi connectivity index (χ1) is 17.2. The predicted molar refractivity (Wildman–Crippen MR) is 143 cm³/mol. The van der Waals surface area contributed by atoms with Gasteiger partial charge in [-0.3, -0.25) is 9.59 Å². The highest BCUT2D eigenvalue weighted by molar-refractivity contribution is 6.33. The average Bonchev–Trinajstić information content (AvgIpc) is 3.20. The molecule has 0 radical (unpaired) electrons. The molecule has 1 saturated carbocycles.